The molecule has 1 unspecified atom stereocenters. The van der Waals surface area contributed by atoms with Gasteiger partial charge in [0.05, 0.1) is 17.3 Å². The summed E-state index contributed by atoms with van der Waals surface area (Å²) in [4.78, 5) is 4.33. The van der Waals surface area contributed by atoms with Crippen LogP contribution in [0, 0.1) is 0 Å². The molecule has 1 heterocycles. The van der Waals surface area contributed by atoms with E-state index in [0.717, 1.165) is 29.4 Å². The average Bonchev–Trinajstić information content (AvgIpc) is 2.99. The largest absolute Gasteiger partial charge is 0.491 e. The highest BCUT2D eigenvalue weighted by molar-refractivity contribution is 7.09. The van der Waals surface area contributed by atoms with E-state index in [2.05, 4.69) is 24.1 Å². The average molecular weight is 291 g/mol. The third-order valence-corrected chi connectivity index (χ3v) is 3.97. The molecule has 20 heavy (non-hydrogen) atoms. The van der Waals surface area contributed by atoms with Crippen LogP contribution in [0.1, 0.15) is 31.2 Å². The number of ether oxygens (including phenoxy) is 1. The number of rotatable bonds is 7. The second-order valence-electron chi connectivity index (χ2n) is 4.75. The Morgan fingerprint density at radius 3 is 3.00 bits per heavy atom. The predicted molar refractivity (Wildman–Crippen MR) is 85.7 cm³/mol. The molecule has 0 aliphatic carbocycles. The number of aromatic nitrogens is 1. The minimum Gasteiger partial charge on any atom is -0.491 e. The van der Waals surface area contributed by atoms with E-state index in [1.54, 1.807) is 11.3 Å². The van der Waals surface area contributed by atoms with Gasteiger partial charge < -0.3 is 15.8 Å². The Labute approximate surface area is 124 Å². The van der Waals surface area contributed by atoms with E-state index in [1.807, 2.05) is 29.8 Å². The van der Waals surface area contributed by atoms with E-state index in [9.17, 15) is 0 Å². The molecule has 4 nitrogen and oxygen atoms in total. The standard InChI is InChI=1S/C15H21N3OS/c1-3-7-19-14-9-12(4-5-13(14)16)18-10-11(2)15-17-6-8-20-15/h4-6,8-9,11,18H,3,7,10,16H2,1-2H3. The quantitative estimate of drug-likeness (QED) is 0.763. The van der Waals surface area contributed by atoms with Crippen LogP contribution in [-0.4, -0.2) is 18.1 Å². The Bertz CT molecular complexity index is 528. The maximum atomic E-state index is 5.90. The van der Waals surface area contributed by atoms with Gasteiger partial charge in [-0.2, -0.15) is 0 Å². The molecule has 5 heteroatoms. The van der Waals surface area contributed by atoms with E-state index in [1.165, 1.54) is 0 Å². The number of nitrogens with one attached hydrogen (secondary N) is 1. The molecule has 0 radical (unpaired) electrons. The molecule has 0 fully saturated rings. The Balaban J connectivity index is 1.95. The number of nitrogens with zero attached hydrogens (tertiary/aromatic N) is 1. The lowest BCUT2D eigenvalue weighted by Crippen LogP contribution is -2.10. The number of hydrogen-bond donors (Lipinski definition) is 2. The SMILES string of the molecule is CCCOc1cc(NCC(C)c2nccs2)ccc1N. The molecule has 0 saturated carbocycles. The van der Waals surface area contributed by atoms with E-state index < -0.39 is 0 Å². The summed E-state index contributed by atoms with van der Waals surface area (Å²) in [6, 6.07) is 5.81. The van der Waals surface area contributed by atoms with Crippen molar-refractivity contribution in [2.75, 3.05) is 24.2 Å². The van der Waals surface area contributed by atoms with Crippen LogP contribution in [-0.2, 0) is 0 Å². The van der Waals surface area contributed by atoms with Gasteiger partial charge in [0.15, 0.2) is 0 Å². The van der Waals surface area contributed by atoms with Gasteiger partial charge in [-0.05, 0) is 18.6 Å². The molecule has 0 aliphatic heterocycles. The zero-order valence-corrected chi connectivity index (χ0v) is 12.7. The maximum Gasteiger partial charge on any atom is 0.144 e. The van der Waals surface area contributed by atoms with E-state index in [-0.39, 0.29) is 0 Å². The Morgan fingerprint density at radius 2 is 2.30 bits per heavy atom. The smallest absolute Gasteiger partial charge is 0.144 e. The van der Waals surface area contributed by atoms with Gasteiger partial charge in [0.2, 0.25) is 0 Å². The summed E-state index contributed by atoms with van der Waals surface area (Å²) in [6.07, 6.45) is 2.81. The number of benzene rings is 1. The van der Waals surface area contributed by atoms with Crippen molar-refractivity contribution in [3.63, 3.8) is 0 Å². The van der Waals surface area contributed by atoms with Crippen molar-refractivity contribution >= 4 is 22.7 Å². The lowest BCUT2D eigenvalue weighted by molar-refractivity contribution is 0.319. The molecular formula is C15H21N3OS. The highest BCUT2D eigenvalue weighted by Crippen LogP contribution is 2.26. The van der Waals surface area contributed by atoms with Crippen LogP contribution in [0.15, 0.2) is 29.8 Å². The fraction of sp³-hybridized carbons (Fsp3) is 0.400. The van der Waals surface area contributed by atoms with Crippen molar-refractivity contribution in [1.82, 2.24) is 4.98 Å². The van der Waals surface area contributed by atoms with Crippen LogP contribution in [0.5, 0.6) is 5.75 Å². The third kappa shape index (κ3) is 3.87. The minimum atomic E-state index is 0.382. The van der Waals surface area contributed by atoms with Crippen molar-refractivity contribution < 1.29 is 4.74 Å². The number of nitrogen functional groups attached to an aromatic ring is 1. The summed E-state index contributed by atoms with van der Waals surface area (Å²) in [6.45, 7) is 5.76. The highest BCUT2D eigenvalue weighted by Gasteiger charge is 2.08. The maximum absolute atomic E-state index is 5.90. The number of hydrogen-bond acceptors (Lipinski definition) is 5. The summed E-state index contributed by atoms with van der Waals surface area (Å²) in [5, 5.41) is 6.56. The Morgan fingerprint density at radius 1 is 1.45 bits per heavy atom. The minimum absolute atomic E-state index is 0.382. The second kappa shape index (κ2) is 7.14. The van der Waals surface area contributed by atoms with E-state index in [0.29, 0.717) is 18.2 Å². The molecule has 1 aromatic carbocycles. The van der Waals surface area contributed by atoms with Crippen LogP contribution in [0.4, 0.5) is 11.4 Å². The van der Waals surface area contributed by atoms with Crippen molar-refractivity contribution in [2.24, 2.45) is 0 Å². The van der Waals surface area contributed by atoms with Crippen LogP contribution < -0.4 is 15.8 Å². The molecule has 2 aromatic rings. The van der Waals surface area contributed by atoms with Crippen LogP contribution in [0.25, 0.3) is 0 Å². The van der Waals surface area contributed by atoms with Gasteiger partial charge in [-0.25, -0.2) is 4.98 Å². The predicted octanol–water partition coefficient (Wildman–Crippen LogP) is 3.73. The van der Waals surface area contributed by atoms with Crippen molar-refractivity contribution in [1.29, 1.82) is 0 Å². The number of thiazole rings is 1. The third-order valence-electron chi connectivity index (χ3n) is 2.96. The van der Waals surface area contributed by atoms with Gasteiger partial charge in [-0.15, -0.1) is 11.3 Å². The summed E-state index contributed by atoms with van der Waals surface area (Å²) in [7, 11) is 0. The zero-order valence-electron chi connectivity index (χ0n) is 11.9. The highest BCUT2D eigenvalue weighted by atomic mass is 32.1. The van der Waals surface area contributed by atoms with Crippen molar-refractivity contribution in [3.8, 4) is 5.75 Å². The molecule has 1 aromatic heterocycles. The lowest BCUT2D eigenvalue weighted by Gasteiger charge is -2.14. The zero-order chi connectivity index (χ0) is 14.4. The molecule has 0 saturated heterocycles. The Kier molecular flexibility index (Phi) is 5.24. The summed E-state index contributed by atoms with van der Waals surface area (Å²) in [5.41, 5.74) is 7.60. The van der Waals surface area contributed by atoms with Gasteiger partial charge in [-0.3, -0.25) is 0 Å². The molecule has 0 amide bonds. The molecular weight excluding hydrogens is 270 g/mol. The lowest BCUT2D eigenvalue weighted by atomic mass is 10.2. The van der Waals surface area contributed by atoms with Crippen LogP contribution in [0.2, 0.25) is 0 Å². The van der Waals surface area contributed by atoms with Crippen LogP contribution >= 0.6 is 11.3 Å². The first-order chi connectivity index (χ1) is 9.70. The van der Waals surface area contributed by atoms with Crippen molar-refractivity contribution in [3.05, 3.63) is 34.8 Å². The molecule has 108 valence electrons. The first kappa shape index (κ1) is 14.7. The molecule has 0 bridgehead atoms. The summed E-state index contributed by atoms with van der Waals surface area (Å²) >= 11 is 1.69. The summed E-state index contributed by atoms with van der Waals surface area (Å²) < 4.78 is 5.63. The van der Waals surface area contributed by atoms with E-state index >= 15 is 0 Å². The van der Waals surface area contributed by atoms with Gasteiger partial charge in [0, 0.05) is 35.8 Å². The normalized spacial score (nSPS) is 12.1. The summed E-state index contributed by atoms with van der Waals surface area (Å²) in [5.74, 6) is 1.13. The van der Waals surface area contributed by atoms with Crippen LogP contribution in [0.3, 0.4) is 0 Å². The van der Waals surface area contributed by atoms with Gasteiger partial charge in [0.1, 0.15) is 5.75 Å². The molecule has 3 N–H and O–H groups in total. The monoisotopic (exact) mass is 291 g/mol. The molecule has 0 aliphatic rings. The van der Waals surface area contributed by atoms with Gasteiger partial charge >= 0.3 is 0 Å². The number of nitrogens with two attached hydrogens (primary N) is 1. The second-order valence-corrected chi connectivity index (χ2v) is 5.68. The first-order valence-electron chi connectivity index (χ1n) is 6.86. The fourth-order valence-electron chi connectivity index (χ4n) is 1.82. The Hall–Kier alpha value is -1.75. The number of anilines is 2. The molecule has 0 spiro atoms. The van der Waals surface area contributed by atoms with Gasteiger partial charge in [-0.1, -0.05) is 13.8 Å². The van der Waals surface area contributed by atoms with Crippen molar-refractivity contribution in [2.45, 2.75) is 26.2 Å². The molecule has 2 rings (SSSR count). The first-order valence-corrected chi connectivity index (χ1v) is 7.74. The van der Waals surface area contributed by atoms with E-state index in [4.69, 9.17) is 10.5 Å². The molecule has 1 atom stereocenters. The topological polar surface area (TPSA) is 60.2 Å². The van der Waals surface area contributed by atoms with Gasteiger partial charge in [0.25, 0.3) is 0 Å². The fourth-order valence-corrected chi connectivity index (χ4v) is 2.52.